The Morgan fingerprint density at radius 3 is 2.45 bits per heavy atom. The molecule has 2 aliphatic heterocycles. The quantitative estimate of drug-likeness (QED) is 0.781. The first-order valence-electron chi connectivity index (χ1n) is 10.9. The van der Waals surface area contributed by atoms with Crippen molar-refractivity contribution in [2.75, 3.05) is 32.8 Å². The molecule has 2 heterocycles. The minimum absolute atomic E-state index is 0.0669. The van der Waals surface area contributed by atoms with Gasteiger partial charge in [0.15, 0.2) is 0 Å². The van der Waals surface area contributed by atoms with Crippen LogP contribution in [0.3, 0.4) is 0 Å². The van der Waals surface area contributed by atoms with Gasteiger partial charge >= 0.3 is 6.18 Å². The highest BCUT2D eigenvalue weighted by Crippen LogP contribution is 2.42. The Hall–Kier alpha value is -1.37. The average Bonchev–Trinajstić information content (AvgIpc) is 3.20. The smallest absolute Gasteiger partial charge is 0.390 e. The maximum absolute atomic E-state index is 12.7. The summed E-state index contributed by atoms with van der Waals surface area (Å²) in [5.41, 5.74) is 3.88. The molecule has 0 saturated carbocycles. The highest BCUT2D eigenvalue weighted by Gasteiger charge is 2.49. The van der Waals surface area contributed by atoms with E-state index in [2.05, 4.69) is 35.2 Å². The van der Waals surface area contributed by atoms with E-state index in [9.17, 15) is 18.3 Å². The summed E-state index contributed by atoms with van der Waals surface area (Å²) in [7, 11) is 0. The number of aliphatic hydroxyl groups is 1. The fraction of sp³-hybridized carbons (Fsp3) is 0.652. The topological polar surface area (TPSA) is 26.7 Å². The Kier molecular flexibility index (Phi) is 6.32. The Morgan fingerprint density at radius 2 is 1.79 bits per heavy atom. The number of halogens is 3. The Labute approximate surface area is 171 Å². The Balaban J connectivity index is 1.49. The summed E-state index contributed by atoms with van der Waals surface area (Å²) in [6.07, 6.45) is 2.82. The lowest BCUT2D eigenvalue weighted by Crippen LogP contribution is -2.67. The van der Waals surface area contributed by atoms with Gasteiger partial charge in [-0.15, -0.1) is 0 Å². The SMILES string of the molecule is OC[C@@H]1[C@@H](c2ccc(C3=CCCC3)cc2)[C@@H]2CN(CCC(F)(F)F)CCCCN12. The molecule has 0 radical (unpaired) electrons. The molecular formula is C23H31F3N2O. The molecule has 3 nitrogen and oxygen atoms in total. The highest BCUT2D eigenvalue weighted by atomic mass is 19.4. The first kappa shape index (κ1) is 20.9. The van der Waals surface area contributed by atoms with Crippen LogP contribution in [0.5, 0.6) is 0 Å². The maximum Gasteiger partial charge on any atom is 0.390 e. The van der Waals surface area contributed by atoms with Gasteiger partial charge in [-0.2, -0.15) is 13.2 Å². The van der Waals surface area contributed by atoms with Crippen molar-refractivity contribution in [3.63, 3.8) is 0 Å². The monoisotopic (exact) mass is 408 g/mol. The third kappa shape index (κ3) is 4.70. The second-order valence-corrected chi connectivity index (χ2v) is 8.70. The molecule has 1 aromatic rings. The number of allylic oxidation sites excluding steroid dienone is 2. The predicted molar refractivity (Wildman–Crippen MR) is 109 cm³/mol. The minimum Gasteiger partial charge on any atom is -0.395 e. The lowest BCUT2D eigenvalue weighted by atomic mass is 9.74. The molecule has 3 aliphatic rings. The summed E-state index contributed by atoms with van der Waals surface area (Å²) in [6, 6.07) is 8.92. The lowest BCUT2D eigenvalue weighted by molar-refractivity contribution is -0.140. The first-order valence-corrected chi connectivity index (χ1v) is 10.9. The second kappa shape index (κ2) is 8.78. The molecule has 0 amide bonds. The number of benzene rings is 1. The van der Waals surface area contributed by atoms with Crippen LogP contribution < -0.4 is 0 Å². The molecular weight excluding hydrogens is 377 g/mol. The van der Waals surface area contributed by atoms with Crippen LogP contribution in [0, 0.1) is 0 Å². The van der Waals surface area contributed by atoms with Gasteiger partial charge in [-0.25, -0.2) is 0 Å². The Morgan fingerprint density at radius 1 is 1.03 bits per heavy atom. The molecule has 1 aliphatic carbocycles. The van der Waals surface area contributed by atoms with Crippen molar-refractivity contribution in [1.82, 2.24) is 9.80 Å². The summed E-state index contributed by atoms with van der Waals surface area (Å²) in [6.45, 7) is 2.45. The molecule has 6 heteroatoms. The molecule has 0 bridgehead atoms. The molecule has 1 aromatic carbocycles. The van der Waals surface area contributed by atoms with Crippen LogP contribution >= 0.6 is 0 Å². The van der Waals surface area contributed by atoms with Gasteiger partial charge in [-0.3, -0.25) is 4.90 Å². The van der Waals surface area contributed by atoms with Gasteiger partial charge in [0, 0.05) is 31.1 Å². The van der Waals surface area contributed by atoms with Gasteiger partial charge in [0.1, 0.15) is 0 Å². The van der Waals surface area contributed by atoms with Crippen LogP contribution in [-0.2, 0) is 0 Å². The number of alkyl halides is 3. The number of nitrogens with zero attached hydrogens (tertiary/aromatic N) is 2. The van der Waals surface area contributed by atoms with Crippen molar-refractivity contribution >= 4 is 5.57 Å². The minimum atomic E-state index is -4.11. The van der Waals surface area contributed by atoms with Crippen molar-refractivity contribution in [3.8, 4) is 0 Å². The summed E-state index contributed by atoms with van der Waals surface area (Å²) < 4.78 is 38.2. The molecule has 160 valence electrons. The van der Waals surface area contributed by atoms with Crippen LogP contribution in [0.15, 0.2) is 30.3 Å². The van der Waals surface area contributed by atoms with Crippen LogP contribution in [0.2, 0.25) is 0 Å². The van der Waals surface area contributed by atoms with Gasteiger partial charge in [0.05, 0.1) is 13.0 Å². The number of hydrogen-bond donors (Lipinski definition) is 1. The lowest BCUT2D eigenvalue weighted by Gasteiger charge is -2.57. The Bertz CT molecular complexity index is 716. The third-order valence-corrected chi connectivity index (χ3v) is 6.87. The van der Waals surface area contributed by atoms with Crippen LogP contribution in [0.1, 0.15) is 55.6 Å². The van der Waals surface area contributed by atoms with Crippen LogP contribution in [0.25, 0.3) is 5.57 Å². The van der Waals surface area contributed by atoms with E-state index in [1.165, 1.54) is 23.1 Å². The summed E-state index contributed by atoms with van der Waals surface area (Å²) in [5.74, 6) is 0.179. The normalized spacial score (nSPS) is 29.0. The van der Waals surface area contributed by atoms with Gasteiger partial charge in [-0.05, 0) is 61.9 Å². The molecule has 0 spiro atoms. The van der Waals surface area contributed by atoms with Gasteiger partial charge in [0.25, 0.3) is 0 Å². The maximum atomic E-state index is 12.7. The van der Waals surface area contributed by atoms with Crippen molar-refractivity contribution in [3.05, 3.63) is 41.5 Å². The molecule has 3 atom stereocenters. The average molecular weight is 409 g/mol. The molecule has 2 fully saturated rings. The number of hydrogen-bond acceptors (Lipinski definition) is 3. The van der Waals surface area contributed by atoms with E-state index in [1.807, 2.05) is 4.90 Å². The fourth-order valence-corrected chi connectivity index (χ4v) is 5.35. The predicted octanol–water partition coefficient (Wildman–Crippen LogP) is 4.43. The largest absolute Gasteiger partial charge is 0.395 e. The van der Waals surface area contributed by atoms with E-state index in [-0.39, 0.29) is 31.2 Å². The van der Waals surface area contributed by atoms with Crippen molar-refractivity contribution < 1.29 is 18.3 Å². The number of fused-ring (bicyclic) bond motifs is 1. The van der Waals surface area contributed by atoms with E-state index in [1.54, 1.807) is 0 Å². The zero-order valence-electron chi connectivity index (χ0n) is 16.9. The summed E-state index contributed by atoms with van der Waals surface area (Å²) in [5, 5.41) is 10.0. The molecule has 0 aromatic heterocycles. The molecule has 29 heavy (non-hydrogen) atoms. The van der Waals surface area contributed by atoms with Crippen LogP contribution in [-0.4, -0.2) is 66.0 Å². The number of aliphatic hydroxyl groups excluding tert-OH is 1. The van der Waals surface area contributed by atoms with Crippen molar-refractivity contribution in [2.45, 2.75) is 62.7 Å². The zero-order valence-corrected chi connectivity index (χ0v) is 16.9. The van der Waals surface area contributed by atoms with Crippen molar-refractivity contribution in [2.24, 2.45) is 0 Å². The van der Waals surface area contributed by atoms with E-state index in [0.717, 1.165) is 38.8 Å². The first-order chi connectivity index (χ1) is 14.0. The standard InChI is InChI=1S/C23H31F3N2O/c24-23(25,26)11-14-27-12-3-4-13-28-20(15-27)22(21(28)16-29)19-9-7-18(8-10-19)17-5-1-2-6-17/h5,7-10,20-22,29H,1-4,6,11-16H2/t20-,21+,22-/m0/s1. The van der Waals surface area contributed by atoms with Gasteiger partial charge in [-0.1, -0.05) is 30.3 Å². The van der Waals surface area contributed by atoms with E-state index in [0.29, 0.717) is 6.54 Å². The van der Waals surface area contributed by atoms with Gasteiger partial charge in [0.2, 0.25) is 0 Å². The number of rotatable bonds is 5. The van der Waals surface area contributed by atoms with E-state index >= 15 is 0 Å². The van der Waals surface area contributed by atoms with Crippen molar-refractivity contribution in [1.29, 1.82) is 0 Å². The fourth-order valence-electron chi connectivity index (χ4n) is 5.35. The molecule has 0 unspecified atom stereocenters. The van der Waals surface area contributed by atoms with Crippen LogP contribution in [0.4, 0.5) is 13.2 Å². The zero-order chi connectivity index (χ0) is 20.4. The second-order valence-electron chi connectivity index (χ2n) is 8.70. The van der Waals surface area contributed by atoms with Gasteiger partial charge < -0.3 is 10.0 Å². The molecule has 1 N–H and O–H groups in total. The third-order valence-electron chi connectivity index (χ3n) is 6.87. The molecule has 2 saturated heterocycles. The summed E-state index contributed by atoms with van der Waals surface area (Å²) in [4.78, 5) is 4.29. The highest BCUT2D eigenvalue weighted by molar-refractivity contribution is 5.67. The van der Waals surface area contributed by atoms with E-state index in [4.69, 9.17) is 0 Å². The summed E-state index contributed by atoms with van der Waals surface area (Å²) >= 11 is 0. The van der Waals surface area contributed by atoms with E-state index < -0.39 is 12.6 Å². The molecule has 4 rings (SSSR count).